The van der Waals surface area contributed by atoms with Gasteiger partial charge < -0.3 is 4.74 Å². The number of hydrogen-bond acceptors (Lipinski definition) is 2. The number of ether oxygens (including phenoxy) is 1. The Morgan fingerprint density at radius 1 is 1.50 bits per heavy atom. The van der Waals surface area contributed by atoms with Gasteiger partial charge in [-0.1, -0.05) is 0 Å². The summed E-state index contributed by atoms with van der Waals surface area (Å²) in [5.74, 6) is -0.300. The third-order valence-corrected chi connectivity index (χ3v) is 3.02. The van der Waals surface area contributed by atoms with E-state index in [1.165, 1.54) is 12.1 Å². The molecule has 2 atom stereocenters. The van der Waals surface area contributed by atoms with Gasteiger partial charge in [-0.15, -0.1) is 0 Å². The Morgan fingerprint density at radius 3 is 2.81 bits per heavy atom. The maximum atomic E-state index is 12.9. The minimum atomic E-state index is -0.301. The predicted molar refractivity (Wildman–Crippen MR) is 59.0 cm³/mol. The molecule has 1 heterocycles. The van der Waals surface area contributed by atoms with E-state index in [0.29, 0.717) is 17.7 Å². The summed E-state index contributed by atoms with van der Waals surface area (Å²) in [4.78, 5) is 12.1. The van der Waals surface area contributed by atoms with Crippen molar-refractivity contribution in [1.29, 1.82) is 0 Å². The topological polar surface area (TPSA) is 26.3 Å². The second-order valence-electron chi connectivity index (χ2n) is 4.40. The Balaban J connectivity index is 2.21. The van der Waals surface area contributed by atoms with Crippen LogP contribution >= 0.6 is 0 Å². The number of hydrogen-bond donors (Lipinski definition) is 0. The molecule has 16 heavy (non-hydrogen) atoms. The molecule has 2 rings (SSSR count). The third kappa shape index (κ3) is 2.14. The molecule has 0 aliphatic carbocycles. The van der Waals surface area contributed by atoms with E-state index >= 15 is 0 Å². The Kier molecular flexibility index (Phi) is 3.06. The van der Waals surface area contributed by atoms with Crippen molar-refractivity contribution in [2.45, 2.75) is 26.4 Å². The van der Waals surface area contributed by atoms with Gasteiger partial charge in [0, 0.05) is 11.5 Å². The van der Waals surface area contributed by atoms with Crippen molar-refractivity contribution in [3.05, 3.63) is 35.1 Å². The number of halogens is 1. The second-order valence-corrected chi connectivity index (χ2v) is 4.40. The van der Waals surface area contributed by atoms with Crippen molar-refractivity contribution in [3.8, 4) is 0 Å². The number of Topliss-reactive ketones (excluding diaryl/α,β-unsaturated/α-hetero) is 1. The number of benzene rings is 1. The number of aryl methyl sites for hydroxylation is 1. The number of carbonyl (C=O) groups is 1. The molecule has 2 unspecified atom stereocenters. The van der Waals surface area contributed by atoms with Gasteiger partial charge in [-0.2, -0.15) is 0 Å². The van der Waals surface area contributed by atoms with Crippen molar-refractivity contribution in [2.75, 3.05) is 6.61 Å². The van der Waals surface area contributed by atoms with E-state index in [-0.39, 0.29) is 23.6 Å². The van der Waals surface area contributed by atoms with Crippen LogP contribution in [0.1, 0.15) is 29.3 Å². The summed E-state index contributed by atoms with van der Waals surface area (Å²) in [6.45, 7) is 4.21. The van der Waals surface area contributed by atoms with Crippen LogP contribution in [0.3, 0.4) is 0 Å². The zero-order chi connectivity index (χ0) is 11.7. The van der Waals surface area contributed by atoms with Gasteiger partial charge in [-0.05, 0) is 44.0 Å². The number of ketones is 1. The van der Waals surface area contributed by atoms with Gasteiger partial charge in [0.25, 0.3) is 0 Å². The highest BCUT2D eigenvalue weighted by molar-refractivity contribution is 5.99. The summed E-state index contributed by atoms with van der Waals surface area (Å²) in [5, 5.41) is 0. The Hall–Kier alpha value is -1.22. The third-order valence-electron chi connectivity index (χ3n) is 3.02. The molecule has 0 amide bonds. The lowest BCUT2D eigenvalue weighted by atomic mass is 9.93. The number of rotatable bonds is 2. The standard InChI is InChI=1S/C13H15FO2/c1-8-5-11(14)3-4-12(8)13(15)10-6-9(2)16-7-10/h3-5,9-10H,6-7H2,1-2H3. The monoisotopic (exact) mass is 222 g/mol. The van der Waals surface area contributed by atoms with Crippen molar-refractivity contribution >= 4 is 5.78 Å². The molecule has 1 aliphatic rings. The molecule has 1 aliphatic heterocycles. The van der Waals surface area contributed by atoms with Crippen LogP contribution < -0.4 is 0 Å². The summed E-state index contributed by atoms with van der Waals surface area (Å²) in [6.07, 6.45) is 0.907. The van der Waals surface area contributed by atoms with Crippen molar-refractivity contribution in [3.63, 3.8) is 0 Å². The van der Waals surface area contributed by atoms with Crippen LogP contribution in [0.2, 0.25) is 0 Å². The second kappa shape index (κ2) is 4.34. The summed E-state index contributed by atoms with van der Waals surface area (Å²) in [6, 6.07) is 4.29. The molecular weight excluding hydrogens is 207 g/mol. The smallest absolute Gasteiger partial charge is 0.168 e. The van der Waals surface area contributed by atoms with Crippen molar-refractivity contribution < 1.29 is 13.9 Å². The van der Waals surface area contributed by atoms with Crippen LogP contribution in [0.25, 0.3) is 0 Å². The normalized spacial score (nSPS) is 24.7. The zero-order valence-electron chi connectivity index (χ0n) is 9.50. The van der Waals surface area contributed by atoms with E-state index in [2.05, 4.69) is 0 Å². The molecule has 0 spiro atoms. The first-order chi connectivity index (χ1) is 7.58. The van der Waals surface area contributed by atoms with Gasteiger partial charge in [0.2, 0.25) is 0 Å². The molecule has 1 fully saturated rings. The lowest BCUT2D eigenvalue weighted by Crippen LogP contribution is -2.16. The van der Waals surface area contributed by atoms with Crippen LogP contribution in [0.4, 0.5) is 4.39 Å². The molecule has 2 nitrogen and oxygen atoms in total. The lowest BCUT2D eigenvalue weighted by molar-refractivity contribution is 0.0877. The summed E-state index contributed by atoms with van der Waals surface area (Å²) >= 11 is 0. The molecule has 0 radical (unpaired) electrons. The first-order valence-corrected chi connectivity index (χ1v) is 5.50. The summed E-state index contributed by atoms with van der Waals surface area (Å²) < 4.78 is 18.3. The van der Waals surface area contributed by atoms with Crippen LogP contribution in [-0.4, -0.2) is 18.5 Å². The maximum Gasteiger partial charge on any atom is 0.168 e. The molecule has 1 aromatic rings. The Bertz CT molecular complexity index is 414. The molecule has 1 saturated heterocycles. The van der Waals surface area contributed by atoms with Crippen LogP contribution in [0, 0.1) is 18.7 Å². The highest BCUT2D eigenvalue weighted by Gasteiger charge is 2.29. The molecule has 86 valence electrons. The van der Waals surface area contributed by atoms with Crippen LogP contribution in [0.5, 0.6) is 0 Å². The van der Waals surface area contributed by atoms with E-state index in [0.717, 1.165) is 6.42 Å². The molecule has 0 saturated carbocycles. The quantitative estimate of drug-likeness (QED) is 0.719. The van der Waals surface area contributed by atoms with Gasteiger partial charge in [-0.25, -0.2) is 4.39 Å². The Labute approximate surface area is 94.4 Å². The minimum Gasteiger partial charge on any atom is -0.378 e. The first kappa shape index (κ1) is 11.3. The fraction of sp³-hybridized carbons (Fsp3) is 0.462. The van der Waals surface area contributed by atoms with Gasteiger partial charge in [-0.3, -0.25) is 4.79 Å². The van der Waals surface area contributed by atoms with Crippen molar-refractivity contribution in [1.82, 2.24) is 0 Å². The average molecular weight is 222 g/mol. The van der Waals surface area contributed by atoms with Gasteiger partial charge in [0.05, 0.1) is 12.7 Å². The lowest BCUT2D eigenvalue weighted by Gasteiger charge is -2.09. The molecule has 0 bridgehead atoms. The number of carbonyl (C=O) groups excluding carboxylic acids is 1. The molecule has 0 aromatic heterocycles. The van der Waals surface area contributed by atoms with Crippen molar-refractivity contribution in [2.24, 2.45) is 5.92 Å². The molecular formula is C13H15FO2. The average Bonchev–Trinajstić information content (AvgIpc) is 2.64. The first-order valence-electron chi connectivity index (χ1n) is 5.50. The van der Waals surface area contributed by atoms with Crippen LogP contribution in [0.15, 0.2) is 18.2 Å². The van der Waals surface area contributed by atoms with E-state index in [4.69, 9.17) is 4.74 Å². The molecule has 0 N–H and O–H groups in total. The summed E-state index contributed by atoms with van der Waals surface area (Å²) in [5.41, 5.74) is 1.31. The predicted octanol–water partition coefficient (Wildman–Crippen LogP) is 2.74. The van der Waals surface area contributed by atoms with E-state index in [1.54, 1.807) is 13.0 Å². The molecule has 3 heteroatoms. The molecule has 1 aromatic carbocycles. The van der Waals surface area contributed by atoms with E-state index < -0.39 is 0 Å². The maximum absolute atomic E-state index is 12.9. The van der Waals surface area contributed by atoms with Gasteiger partial charge in [0.15, 0.2) is 5.78 Å². The minimum absolute atomic E-state index is 0.0702. The highest BCUT2D eigenvalue weighted by Crippen LogP contribution is 2.24. The van der Waals surface area contributed by atoms with E-state index in [1.807, 2.05) is 6.92 Å². The highest BCUT2D eigenvalue weighted by atomic mass is 19.1. The largest absolute Gasteiger partial charge is 0.378 e. The zero-order valence-corrected chi connectivity index (χ0v) is 9.50. The SMILES string of the molecule is Cc1cc(F)ccc1C(=O)C1COC(C)C1. The van der Waals surface area contributed by atoms with E-state index in [9.17, 15) is 9.18 Å². The van der Waals surface area contributed by atoms with Gasteiger partial charge >= 0.3 is 0 Å². The Morgan fingerprint density at radius 2 is 2.25 bits per heavy atom. The fourth-order valence-electron chi connectivity index (χ4n) is 2.12. The fourth-order valence-corrected chi connectivity index (χ4v) is 2.12. The van der Waals surface area contributed by atoms with Gasteiger partial charge in [0.1, 0.15) is 5.82 Å². The summed E-state index contributed by atoms with van der Waals surface area (Å²) in [7, 11) is 0. The van der Waals surface area contributed by atoms with Crippen LogP contribution in [-0.2, 0) is 4.74 Å².